The normalized spacial score (nSPS) is 37.1. The van der Waals surface area contributed by atoms with Gasteiger partial charge in [-0.3, -0.25) is 4.79 Å². The van der Waals surface area contributed by atoms with Crippen molar-refractivity contribution in [2.24, 2.45) is 0 Å². The number of hydrogen-bond donors (Lipinski definition) is 17. The molecule has 0 aromatic heterocycles. The van der Waals surface area contributed by atoms with Crippen LogP contribution in [0.25, 0.3) is 0 Å². The third-order valence-corrected chi connectivity index (χ3v) is 10.2. The van der Waals surface area contributed by atoms with Gasteiger partial charge >= 0.3 is 11.9 Å². The Morgan fingerprint density at radius 3 is 1.44 bits per heavy atom. The first-order valence-corrected chi connectivity index (χ1v) is 19.9. The van der Waals surface area contributed by atoms with E-state index in [1.165, 1.54) is 13.8 Å². The Morgan fingerprint density at radius 1 is 0.540 bits per heavy atom. The third-order valence-electron chi connectivity index (χ3n) is 10.2. The highest BCUT2D eigenvalue weighted by Crippen LogP contribution is 2.28. The quantitative estimate of drug-likeness (QED) is 0.0334. The molecule has 0 bridgehead atoms. The zero-order valence-corrected chi connectivity index (χ0v) is 34.4. The number of carbonyl (C=O) groups excluding carboxylic acids is 3. The number of ether oxygens (including phenoxy) is 8. The highest BCUT2D eigenvalue weighted by atomic mass is 16.7. The highest BCUT2D eigenvalue weighted by molar-refractivity contribution is 5.85. The van der Waals surface area contributed by atoms with Gasteiger partial charge in [-0.2, -0.15) is 0 Å². The molecule has 0 spiro atoms. The van der Waals surface area contributed by atoms with Gasteiger partial charge in [0.05, 0.1) is 32.5 Å². The lowest BCUT2D eigenvalue weighted by atomic mass is 9.98. The number of aliphatic hydroxyl groups excluding tert-OH is 15. The Kier molecular flexibility index (Phi) is 22.2. The van der Waals surface area contributed by atoms with Crippen molar-refractivity contribution in [3.05, 3.63) is 0 Å². The van der Waals surface area contributed by atoms with Crippen molar-refractivity contribution in [3.63, 3.8) is 0 Å². The predicted molar refractivity (Wildman–Crippen MR) is 198 cm³/mol. The summed E-state index contributed by atoms with van der Waals surface area (Å²) in [5.41, 5.74) is 0. The number of amides is 1. The summed E-state index contributed by atoms with van der Waals surface area (Å²) >= 11 is 0. The van der Waals surface area contributed by atoms with E-state index in [0.717, 1.165) is 6.92 Å². The third kappa shape index (κ3) is 15.0. The van der Waals surface area contributed by atoms with Crippen LogP contribution in [0.4, 0.5) is 0 Å². The molecule has 28 heteroatoms. The summed E-state index contributed by atoms with van der Waals surface area (Å²) in [5, 5.41) is 158. The molecule has 368 valence electrons. The van der Waals surface area contributed by atoms with Crippen LogP contribution in [0.2, 0.25) is 0 Å². The van der Waals surface area contributed by atoms with Gasteiger partial charge in [0.15, 0.2) is 31.1 Å². The first-order chi connectivity index (χ1) is 29.5. The summed E-state index contributed by atoms with van der Waals surface area (Å²) in [6.07, 6.45) is -38.3. The SMILES string of the molecule is CC(O)C(=O)OC(C)C(=O)OC(C)C(=O)NCCNC[C@H](O)[C@@H](O)[C@H](O)[C@H](O)COC1OC(COC2OC(COC3OC(CO)C(O)C(O)C3O)C(O)C(O)C2O)C(O)C(O)C1O. The minimum atomic E-state index is -2.07. The van der Waals surface area contributed by atoms with Gasteiger partial charge in [0.2, 0.25) is 0 Å². The van der Waals surface area contributed by atoms with E-state index in [1.807, 2.05) is 0 Å². The van der Waals surface area contributed by atoms with Crippen molar-refractivity contribution >= 4 is 17.8 Å². The van der Waals surface area contributed by atoms with E-state index in [4.69, 9.17) is 38.3 Å². The first kappa shape index (κ1) is 54.9. The van der Waals surface area contributed by atoms with Crippen LogP contribution in [-0.2, 0) is 52.3 Å². The largest absolute Gasteiger partial charge is 0.450 e. The van der Waals surface area contributed by atoms with Crippen LogP contribution in [0.5, 0.6) is 0 Å². The number of esters is 2. The molecule has 0 saturated carbocycles. The summed E-state index contributed by atoms with van der Waals surface area (Å²) in [4.78, 5) is 35.7. The Bertz CT molecular complexity index is 1400. The topological polar surface area (TPSA) is 453 Å². The van der Waals surface area contributed by atoms with Gasteiger partial charge in [0.1, 0.15) is 97.7 Å². The molecule has 3 fully saturated rings. The molecule has 3 saturated heterocycles. The molecule has 18 unspecified atom stereocenters. The van der Waals surface area contributed by atoms with Gasteiger partial charge in [-0.15, -0.1) is 0 Å². The van der Waals surface area contributed by atoms with Crippen molar-refractivity contribution in [2.45, 2.75) is 156 Å². The molecule has 0 aromatic carbocycles. The summed E-state index contributed by atoms with van der Waals surface area (Å²) in [6, 6.07) is 0. The van der Waals surface area contributed by atoms with E-state index in [2.05, 4.69) is 15.4 Å². The van der Waals surface area contributed by atoms with E-state index in [9.17, 15) is 85.9 Å². The maximum absolute atomic E-state index is 12.2. The minimum Gasteiger partial charge on any atom is -0.450 e. The van der Waals surface area contributed by atoms with Crippen LogP contribution in [0.3, 0.4) is 0 Å². The number of hydrogen-bond acceptors (Lipinski definition) is 27. The fourth-order valence-electron chi connectivity index (χ4n) is 6.15. The lowest BCUT2D eigenvalue weighted by Crippen LogP contribution is -2.62. The molecule has 3 aliphatic rings. The summed E-state index contributed by atoms with van der Waals surface area (Å²) in [6.45, 7) is 0.0237. The van der Waals surface area contributed by atoms with Crippen molar-refractivity contribution in [1.29, 1.82) is 0 Å². The summed E-state index contributed by atoms with van der Waals surface area (Å²) in [7, 11) is 0. The Morgan fingerprint density at radius 2 is 0.968 bits per heavy atom. The van der Waals surface area contributed by atoms with Gasteiger partial charge in [-0.25, -0.2) is 9.59 Å². The maximum Gasteiger partial charge on any atom is 0.347 e. The van der Waals surface area contributed by atoms with E-state index in [1.54, 1.807) is 0 Å². The summed E-state index contributed by atoms with van der Waals surface area (Å²) in [5.74, 6) is -2.85. The zero-order valence-electron chi connectivity index (χ0n) is 34.4. The zero-order chi connectivity index (χ0) is 47.5. The van der Waals surface area contributed by atoms with Crippen LogP contribution in [-0.4, -0.2) is 275 Å². The molecular weight excluding hydrogens is 864 g/mol. The van der Waals surface area contributed by atoms with Crippen LogP contribution < -0.4 is 10.6 Å². The number of nitrogens with one attached hydrogen (secondary N) is 2. The second kappa shape index (κ2) is 25.4. The van der Waals surface area contributed by atoms with Gasteiger partial charge in [0.25, 0.3) is 5.91 Å². The van der Waals surface area contributed by atoms with Crippen molar-refractivity contribution in [3.8, 4) is 0 Å². The minimum absolute atomic E-state index is 0.00871. The number of rotatable bonds is 23. The number of carbonyl (C=O) groups is 3. The van der Waals surface area contributed by atoms with E-state index in [0.29, 0.717) is 0 Å². The van der Waals surface area contributed by atoms with Gasteiger partial charge in [0, 0.05) is 19.6 Å². The lowest BCUT2D eigenvalue weighted by Gasteiger charge is -2.44. The molecule has 3 aliphatic heterocycles. The van der Waals surface area contributed by atoms with Crippen molar-refractivity contribution in [1.82, 2.24) is 10.6 Å². The van der Waals surface area contributed by atoms with Gasteiger partial charge in [-0.1, -0.05) is 0 Å². The molecular formula is C35H62N2O26. The van der Waals surface area contributed by atoms with Crippen molar-refractivity contribution in [2.75, 3.05) is 46.1 Å². The Balaban J connectivity index is 1.43. The molecule has 0 aromatic rings. The average molecular weight is 927 g/mol. The van der Waals surface area contributed by atoms with Crippen LogP contribution in [0.1, 0.15) is 20.8 Å². The fraction of sp³-hybridized carbons (Fsp3) is 0.914. The second-order valence-electron chi connectivity index (χ2n) is 15.2. The summed E-state index contributed by atoms with van der Waals surface area (Å²) < 4.78 is 41.9. The lowest BCUT2D eigenvalue weighted by molar-refractivity contribution is -0.343. The molecule has 17 N–H and O–H groups in total. The smallest absolute Gasteiger partial charge is 0.347 e. The Labute approximate surface area is 359 Å². The number of aliphatic hydroxyl groups is 15. The molecule has 0 aliphatic carbocycles. The average Bonchev–Trinajstić information content (AvgIpc) is 3.25. The van der Waals surface area contributed by atoms with E-state index in [-0.39, 0.29) is 19.6 Å². The van der Waals surface area contributed by atoms with Crippen LogP contribution in [0, 0.1) is 0 Å². The molecule has 28 nitrogen and oxygen atoms in total. The van der Waals surface area contributed by atoms with E-state index < -0.39 is 179 Å². The Hall–Kier alpha value is -2.47. The highest BCUT2D eigenvalue weighted by Gasteiger charge is 2.49. The van der Waals surface area contributed by atoms with Crippen LogP contribution >= 0.6 is 0 Å². The van der Waals surface area contributed by atoms with Crippen LogP contribution in [0.15, 0.2) is 0 Å². The monoisotopic (exact) mass is 926 g/mol. The maximum atomic E-state index is 12.2. The van der Waals surface area contributed by atoms with Gasteiger partial charge < -0.3 is 125 Å². The molecule has 1 amide bonds. The predicted octanol–water partition coefficient (Wildman–Crippen LogP) is -11.2. The standard InChI is InChI=1S/C35H62N2O26/c1-11(39)31(54)60-13(3)32(55)59-12(2)30(53)37-5-4-36-6-14(40)19(42)20(43)15(41)8-56-33-28(51)25(48)22(45)17(62-33)10-58-35-29(52)26(49)23(46)18(63-35)9-57-34-27(50)24(47)21(44)16(7-38)61-34/h11-29,33-36,38-52H,4-10H2,1-3H3,(H,37,53)/t11?,12?,13?,14-,15+,16?,17?,18?,19+,20+,21?,22?,23?,24?,25?,26?,27?,28?,29?,33?,34?,35?/m0/s1. The molecule has 0 radical (unpaired) electrons. The molecule has 3 heterocycles. The van der Waals surface area contributed by atoms with E-state index >= 15 is 0 Å². The second-order valence-corrected chi connectivity index (χ2v) is 15.2. The molecule has 63 heavy (non-hydrogen) atoms. The fourth-order valence-corrected chi connectivity index (χ4v) is 6.15. The van der Waals surface area contributed by atoms with Crippen molar-refractivity contribution < 1.29 is 129 Å². The molecule has 22 atom stereocenters. The molecule has 3 rings (SSSR count). The first-order valence-electron chi connectivity index (χ1n) is 19.9. The van der Waals surface area contributed by atoms with Gasteiger partial charge in [-0.05, 0) is 20.8 Å².